The van der Waals surface area contributed by atoms with Gasteiger partial charge in [0.05, 0.1) is 9.82 Å². The van der Waals surface area contributed by atoms with Crippen LogP contribution in [0.5, 0.6) is 0 Å². The van der Waals surface area contributed by atoms with Crippen molar-refractivity contribution in [2.75, 3.05) is 31.1 Å². The summed E-state index contributed by atoms with van der Waals surface area (Å²) in [6.07, 6.45) is 1.64. The standard InChI is InChI=1S/C18H17N5O5S/c24-18-13-17(19-16-6-1-2-7-22(16)18)20-8-10-21(11-9-20)29(27,28)15-5-3-4-14(12-15)23(25)26/h1-7,12-13H,8-11H2. The Kier molecular flexibility index (Phi) is 4.76. The topological polar surface area (TPSA) is 118 Å². The fourth-order valence-electron chi connectivity index (χ4n) is 3.27. The molecule has 0 aliphatic carbocycles. The van der Waals surface area contributed by atoms with Gasteiger partial charge in [0.1, 0.15) is 11.5 Å². The molecule has 0 saturated carbocycles. The smallest absolute Gasteiger partial charge is 0.270 e. The quantitative estimate of drug-likeness (QED) is 0.463. The maximum Gasteiger partial charge on any atom is 0.270 e. The first-order valence-electron chi connectivity index (χ1n) is 8.84. The molecule has 0 atom stereocenters. The van der Waals surface area contributed by atoms with Gasteiger partial charge in [-0.2, -0.15) is 4.31 Å². The zero-order valence-electron chi connectivity index (χ0n) is 15.2. The van der Waals surface area contributed by atoms with Crippen molar-refractivity contribution in [1.29, 1.82) is 0 Å². The van der Waals surface area contributed by atoms with Crippen molar-refractivity contribution in [3.8, 4) is 0 Å². The summed E-state index contributed by atoms with van der Waals surface area (Å²) in [7, 11) is -3.85. The molecule has 29 heavy (non-hydrogen) atoms. The molecule has 150 valence electrons. The Morgan fingerprint density at radius 2 is 1.76 bits per heavy atom. The molecule has 0 radical (unpaired) electrons. The number of aromatic nitrogens is 2. The maximum absolute atomic E-state index is 12.9. The third-order valence-corrected chi connectivity index (χ3v) is 6.68. The van der Waals surface area contributed by atoms with E-state index in [1.807, 2.05) is 4.90 Å². The van der Waals surface area contributed by atoms with Crippen LogP contribution < -0.4 is 10.5 Å². The monoisotopic (exact) mass is 415 g/mol. The number of piperazine rings is 1. The number of nitro groups is 1. The molecule has 10 nitrogen and oxygen atoms in total. The highest BCUT2D eigenvalue weighted by atomic mass is 32.2. The number of non-ortho nitro benzene ring substituents is 1. The van der Waals surface area contributed by atoms with Gasteiger partial charge in [-0.3, -0.25) is 19.3 Å². The zero-order chi connectivity index (χ0) is 20.6. The fourth-order valence-corrected chi connectivity index (χ4v) is 4.73. The largest absolute Gasteiger partial charge is 0.354 e. The Bertz CT molecular complexity index is 1250. The van der Waals surface area contributed by atoms with Crippen molar-refractivity contribution >= 4 is 27.2 Å². The van der Waals surface area contributed by atoms with Gasteiger partial charge in [-0.05, 0) is 18.2 Å². The van der Waals surface area contributed by atoms with Crippen LogP contribution in [0.25, 0.3) is 5.65 Å². The first-order valence-corrected chi connectivity index (χ1v) is 10.3. The van der Waals surface area contributed by atoms with Gasteiger partial charge in [0, 0.05) is 50.6 Å². The predicted molar refractivity (Wildman–Crippen MR) is 106 cm³/mol. The Hall–Kier alpha value is -3.31. The van der Waals surface area contributed by atoms with Crippen molar-refractivity contribution in [3.05, 3.63) is 75.2 Å². The van der Waals surface area contributed by atoms with E-state index < -0.39 is 14.9 Å². The van der Waals surface area contributed by atoms with Gasteiger partial charge in [0.2, 0.25) is 10.0 Å². The lowest BCUT2D eigenvalue weighted by molar-refractivity contribution is -0.385. The van der Waals surface area contributed by atoms with Crippen LogP contribution in [0.2, 0.25) is 0 Å². The minimum atomic E-state index is -3.85. The Morgan fingerprint density at radius 1 is 1.00 bits per heavy atom. The van der Waals surface area contributed by atoms with Gasteiger partial charge in [0.25, 0.3) is 11.2 Å². The first-order chi connectivity index (χ1) is 13.9. The van der Waals surface area contributed by atoms with E-state index in [-0.39, 0.29) is 29.2 Å². The molecule has 0 spiro atoms. The highest BCUT2D eigenvalue weighted by molar-refractivity contribution is 7.89. The molecule has 0 amide bonds. The average Bonchev–Trinajstić information content (AvgIpc) is 2.74. The molecule has 3 aromatic rings. The van der Waals surface area contributed by atoms with Crippen LogP contribution in [0.15, 0.2) is 64.4 Å². The van der Waals surface area contributed by atoms with Crippen LogP contribution in [0.1, 0.15) is 0 Å². The SMILES string of the molecule is O=c1cc(N2CCN(S(=O)(=O)c3cccc([N+](=O)[O-])c3)CC2)nc2ccccn12. The number of rotatable bonds is 4. The van der Waals surface area contributed by atoms with Crippen molar-refractivity contribution in [2.24, 2.45) is 0 Å². The summed E-state index contributed by atoms with van der Waals surface area (Å²) in [6, 6.07) is 11.7. The number of fused-ring (bicyclic) bond motifs is 1. The Morgan fingerprint density at radius 3 is 2.48 bits per heavy atom. The number of benzene rings is 1. The van der Waals surface area contributed by atoms with Crippen LogP contribution in [0.3, 0.4) is 0 Å². The van der Waals surface area contributed by atoms with Gasteiger partial charge in [-0.25, -0.2) is 13.4 Å². The number of hydrogen-bond donors (Lipinski definition) is 0. The van der Waals surface area contributed by atoms with Crippen LogP contribution in [-0.2, 0) is 10.0 Å². The van der Waals surface area contributed by atoms with Crippen molar-refractivity contribution < 1.29 is 13.3 Å². The van der Waals surface area contributed by atoms with Crippen LogP contribution >= 0.6 is 0 Å². The Labute approximate surface area is 165 Å². The van der Waals surface area contributed by atoms with E-state index in [9.17, 15) is 23.3 Å². The number of anilines is 1. The number of hydrogen-bond acceptors (Lipinski definition) is 7. The molecule has 1 saturated heterocycles. The van der Waals surface area contributed by atoms with E-state index in [4.69, 9.17) is 0 Å². The summed E-state index contributed by atoms with van der Waals surface area (Å²) in [5, 5.41) is 10.9. The maximum atomic E-state index is 12.9. The normalized spacial score (nSPS) is 15.5. The molecule has 4 rings (SSSR count). The molecule has 0 N–H and O–H groups in total. The second-order valence-electron chi connectivity index (χ2n) is 6.53. The van der Waals surface area contributed by atoms with Gasteiger partial charge in [-0.1, -0.05) is 12.1 Å². The fraction of sp³-hybridized carbons (Fsp3) is 0.222. The van der Waals surface area contributed by atoms with Gasteiger partial charge < -0.3 is 4.90 Å². The first kappa shape index (κ1) is 19.0. The van der Waals surface area contributed by atoms with Crippen LogP contribution in [0.4, 0.5) is 11.5 Å². The third-order valence-electron chi connectivity index (χ3n) is 4.79. The zero-order valence-corrected chi connectivity index (χ0v) is 16.0. The van der Waals surface area contributed by atoms with Gasteiger partial charge in [0.15, 0.2) is 0 Å². The number of pyridine rings is 1. The van der Waals surface area contributed by atoms with Crippen molar-refractivity contribution in [2.45, 2.75) is 4.90 Å². The second-order valence-corrected chi connectivity index (χ2v) is 8.46. The second kappa shape index (κ2) is 7.26. The molecule has 3 heterocycles. The molecular formula is C18H17N5O5S. The van der Waals surface area contributed by atoms with E-state index in [2.05, 4.69) is 4.98 Å². The molecule has 1 fully saturated rings. The lowest BCUT2D eigenvalue weighted by atomic mass is 10.3. The summed E-state index contributed by atoms with van der Waals surface area (Å²) in [5.74, 6) is 0.494. The number of sulfonamides is 1. The molecule has 1 aromatic carbocycles. The summed E-state index contributed by atoms with van der Waals surface area (Å²) in [5.41, 5.74) is 0.0319. The van der Waals surface area contributed by atoms with E-state index in [1.165, 1.54) is 33.0 Å². The van der Waals surface area contributed by atoms with Gasteiger partial charge in [-0.15, -0.1) is 0 Å². The number of nitro benzene ring substituents is 1. The Balaban J connectivity index is 1.54. The lowest BCUT2D eigenvalue weighted by Gasteiger charge is -2.34. The van der Waals surface area contributed by atoms with Gasteiger partial charge >= 0.3 is 0 Å². The molecule has 2 aromatic heterocycles. The molecular weight excluding hydrogens is 398 g/mol. The summed E-state index contributed by atoms with van der Waals surface area (Å²) in [6.45, 7) is 1.06. The highest BCUT2D eigenvalue weighted by Crippen LogP contribution is 2.23. The minimum absolute atomic E-state index is 0.109. The summed E-state index contributed by atoms with van der Waals surface area (Å²) in [4.78, 5) is 28.8. The lowest BCUT2D eigenvalue weighted by Crippen LogP contribution is -2.49. The van der Waals surface area contributed by atoms with E-state index in [0.717, 1.165) is 6.07 Å². The predicted octanol–water partition coefficient (Wildman–Crippen LogP) is 1.11. The van der Waals surface area contributed by atoms with Crippen molar-refractivity contribution in [3.63, 3.8) is 0 Å². The van der Waals surface area contributed by atoms with Crippen molar-refractivity contribution in [1.82, 2.24) is 13.7 Å². The molecule has 1 aliphatic rings. The molecule has 0 unspecified atom stereocenters. The summed E-state index contributed by atoms with van der Waals surface area (Å²) >= 11 is 0. The third kappa shape index (κ3) is 3.57. The summed E-state index contributed by atoms with van der Waals surface area (Å²) < 4.78 is 28.4. The van der Waals surface area contributed by atoms with Crippen LogP contribution in [-0.4, -0.2) is 53.2 Å². The molecule has 0 bridgehead atoms. The van der Waals surface area contributed by atoms with E-state index in [1.54, 1.807) is 24.4 Å². The van der Waals surface area contributed by atoms with Crippen LogP contribution in [0, 0.1) is 10.1 Å². The number of nitrogens with zero attached hydrogens (tertiary/aromatic N) is 5. The molecule has 1 aliphatic heterocycles. The molecule has 11 heteroatoms. The van der Waals surface area contributed by atoms with E-state index >= 15 is 0 Å². The minimum Gasteiger partial charge on any atom is -0.354 e. The highest BCUT2D eigenvalue weighted by Gasteiger charge is 2.30. The average molecular weight is 415 g/mol. The van der Waals surface area contributed by atoms with E-state index in [0.29, 0.717) is 24.6 Å².